The van der Waals surface area contributed by atoms with E-state index >= 15 is 0 Å². The molecule has 0 unspecified atom stereocenters. The van der Waals surface area contributed by atoms with Gasteiger partial charge in [0.1, 0.15) is 5.75 Å². The summed E-state index contributed by atoms with van der Waals surface area (Å²) in [5.41, 5.74) is -0.636. The summed E-state index contributed by atoms with van der Waals surface area (Å²) in [4.78, 5) is 32.6. The van der Waals surface area contributed by atoms with Crippen LogP contribution in [-0.4, -0.2) is 45.2 Å². The molecule has 0 radical (unpaired) electrons. The lowest BCUT2D eigenvalue weighted by molar-refractivity contribution is -0.143. The standard InChI is InChI=1S/C22H18F3N5O4S/c1-3-34-19(31)8-13-11-35-21(26-13)28-20(32)16-10-18-27-15(12-4-6-14(33-2)7-5-12)9-17(22(23,24)25)30(18)29-16/h4-7,9-11H,3,8H2,1-2H3,(H,26,28,32). The third-order valence-electron chi connectivity index (χ3n) is 4.74. The van der Waals surface area contributed by atoms with Crippen molar-refractivity contribution in [2.75, 3.05) is 19.0 Å². The zero-order valence-electron chi connectivity index (χ0n) is 18.4. The summed E-state index contributed by atoms with van der Waals surface area (Å²) in [5, 5.41) is 8.03. The lowest BCUT2D eigenvalue weighted by Gasteiger charge is -2.11. The topological polar surface area (TPSA) is 108 Å². The number of halogens is 3. The second-order valence-corrected chi connectivity index (χ2v) is 7.99. The van der Waals surface area contributed by atoms with Crippen LogP contribution in [0, 0.1) is 0 Å². The fourth-order valence-corrected chi connectivity index (χ4v) is 3.87. The van der Waals surface area contributed by atoms with Crippen molar-refractivity contribution in [2.45, 2.75) is 19.5 Å². The number of amides is 1. The van der Waals surface area contributed by atoms with E-state index in [2.05, 4.69) is 20.4 Å². The van der Waals surface area contributed by atoms with Gasteiger partial charge in [0, 0.05) is 17.0 Å². The van der Waals surface area contributed by atoms with Crippen LogP contribution in [0.4, 0.5) is 18.3 Å². The number of rotatable bonds is 7. The number of esters is 1. The molecule has 182 valence electrons. The molecule has 0 fully saturated rings. The zero-order chi connectivity index (χ0) is 25.2. The molecule has 3 aromatic heterocycles. The number of ether oxygens (including phenoxy) is 2. The Balaban J connectivity index is 1.63. The molecule has 1 amide bonds. The number of hydrogen-bond acceptors (Lipinski definition) is 8. The first kappa shape index (κ1) is 24.1. The van der Waals surface area contributed by atoms with Crippen LogP contribution in [0.3, 0.4) is 0 Å². The van der Waals surface area contributed by atoms with Gasteiger partial charge in [-0.25, -0.2) is 14.5 Å². The van der Waals surface area contributed by atoms with Crippen molar-refractivity contribution >= 4 is 34.0 Å². The highest BCUT2D eigenvalue weighted by molar-refractivity contribution is 7.14. The minimum atomic E-state index is -4.75. The van der Waals surface area contributed by atoms with Gasteiger partial charge in [0.15, 0.2) is 22.2 Å². The largest absolute Gasteiger partial charge is 0.497 e. The van der Waals surface area contributed by atoms with E-state index < -0.39 is 23.7 Å². The van der Waals surface area contributed by atoms with Gasteiger partial charge < -0.3 is 9.47 Å². The molecule has 0 aliphatic rings. The zero-order valence-corrected chi connectivity index (χ0v) is 19.2. The summed E-state index contributed by atoms with van der Waals surface area (Å²) in [6.07, 6.45) is -4.82. The number of fused-ring (bicyclic) bond motifs is 1. The molecule has 0 aliphatic heterocycles. The van der Waals surface area contributed by atoms with Crippen molar-refractivity contribution in [3.05, 3.63) is 58.9 Å². The first-order valence-corrected chi connectivity index (χ1v) is 11.1. The van der Waals surface area contributed by atoms with Crippen molar-refractivity contribution in [1.29, 1.82) is 0 Å². The normalized spacial score (nSPS) is 11.5. The summed E-state index contributed by atoms with van der Waals surface area (Å²) >= 11 is 1.06. The van der Waals surface area contributed by atoms with Gasteiger partial charge in [-0.3, -0.25) is 14.9 Å². The minimum Gasteiger partial charge on any atom is -0.497 e. The van der Waals surface area contributed by atoms with Crippen LogP contribution in [0.25, 0.3) is 16.9 Å². The van der Waals surface area contributed by atoms with Gasteiger partial charge in [-0.1, -0.05) is 0 Å². The fraction of sp³-hybridized carbons (Fsp3) is 0.227. The van der Waals surface area contributed by atoms with Crippen LogP contribution in [-0.2, 0) is 22.1 Å². The number of thiazole rings is 1. The Labute approximate surface area is 200 Å². The molecule has 1 aromatic carbocycles. The SMILES string of the molecule is CCOC(=O)Cc1csc(NC(=O)c2cc3nc(-c4ccc(OC)cc4)cc(C(F)(F)F)n3n2)n1. The summed E-state index contributed by atoms with van der Waals surface area (Å²) < 4.78 is 51.9. The van der Waals surface area contributed by atoms with Crippen LogP contribution in [0.1, 0.15) is 28.8 Å². The smallest absolute Gasteiger partial charge is 0.433 e. The van der Waals surface area contributed by atoms with E-state index in [1.165, 1.54) is 7.11 Å². The summed E-state index contributed by atoms with van der Waals surface area (Å²) in [6, 6.07) is 8.40. The molecule has 0 bridgehead atoms. The first-order valence-electron chi connectivity index (χ1n) is 10.2. The number of nitrogens with zero attached hydrogens (tertiary/aromatic N) is 4. The van der Waals surface area contributed by atoms with Crippen LogP contribution < -0.4 is 10.1 Å². The molecule has 1 N–H and O–H groups in total. The average Bonchev–Trinajstić information content (AvgIpc) is 3.44. The number of methoxy groups -OCH3 is 1. The third-order valence-corrected chi connectivity index (χ3v) is 5.55. The number of nitrogens with one attached hydrogen (secondary N) is 1. The predicted molar refractivity (Wildman–Crippen MR) is 120 cm³/mol. The third kappa shape index (κ3) is 5.40. The lowest BCUT2D eigenvalue weighted by atomic mass is 10.1. The molecule has 0 spiro atoms. The number of carbonyl (C=O) groups is 2. The number of aromatic nitrogens is 4. The molecule has 35 heavy (non-hydrogen) atoms. The molecule has 0 atom stereocenters. The maximum absolute atomic E-state index is 13.8. The van der Waals surface area contributed by atoms with Crippen molar-refractivity contribution in [3.63, 3.8) is 0 Å². The highest BCUT2D eigenvalue weighted by Crippen LogP contribution is 2.33. The highest BCUT2D eigenvalue weighted by atomic mass is 32.1. The molecule has 3 heterocycles. The second-order valence-electron chi connectivity index (χ2n) is 7.13. The van der Waals surface area contributed by atoms with Gasteiger partial charge >= 0.3 is 12.1 Å². The van der Waals surface area contributed by atoms with Crippen LogP contribution in [0.5, 0.6) is 5.75 Å². The van der Waals surface area contributed by atoms with Crippen LogP contribution in [0.2, 0.25) is 0 Å². The van der Waals surface area contributed by atoms with Gasteiger partial charge in [0.2, 0.25) is 0 Å². The maximum Gasteiger partial charge on any atom is 0.433 e. The number of alkyl halides is 3. The van der Waals surface area contributed by atoms with Crippen molar-refractivity contribution in [1.82, 2.24) is 19.6 Å². The van der Waals surface area contributed by atoms with Gasteiger partial charge in [-0.05, 0) is 37.3 Å². The molecular weight excluding hydrogens is 487 g/mol. The van der Waals surface area contributed by atoms with Gasteiger partial charge in [-0.15, -0.1) is 11.3 Å². The van der Waals surface area contributed by atoms with Crippen molar-refractivity contribution in [3.8, 4) is 17.0 Å². The number of benzene rings is 1. The lowest BCUT2D eigenvalue weighted by Crippen LogP contribution is -2.16. The Bertz CT molecular complexity index is 1380. The van der Waals surface area contributed by atoms with Crippen molar-refractivity contribution in [2.24, 2.45) is 0 Å². The van der Waals surface area contributed by atoms with Crippen molar-refractivity contribution < 1.29 is 32.2 Å². The van der Waals surface area contributed by atoms with Gasteiger partial charge in [0.05, 0.1) is 31.5 Å². The van der Waals surface area contributed by atoms with Gasteiger partial charge in [0.25, 0.3) is 5.91 Å². The molecule has 13 heteroatoms. The molecule has 0 saturated carbocycles. The van der Waals surface area contributed by atoms with E-state index in [0.717, 1.165) is 23.5 Å². The molecule has 9 nitrogen and oxygen atoms in total. The predicted octanol–water partition coefficient (Wildman–Crippen LogP) is 4.24. The second kappa shape index (κ2) is 9.70. The molecular formula is C22H18F3N5O4S. The summed E-state index contributed by atoms with van der Waals surface area (Å²) in [5.74, 6) is -0.692. The van der Waals surface area contributed by atoms with Crippen LogP contribution in [0.15, 0.2) is 41.8 Å². The Hall–Kier alpha value is -4.00. The quantitative estimate of drug-likeness (QED) is 0.375. The van der Waals surface area contributed by atoms with E-state index in [-0.39, 0.29) is 35.2 Å². The van der Waals surface area contributed by atoms with E-state index in [1.54, 1.807) is 36.6 Å². The molecule has 0 aliphatic carbocycles. The number of hydrogen-bond donors (Lipinski definition) is 1. The monoisotopic (exact) mass is 505 g/mol. The average molecular weight is 505 g/mol. The van der Waals surface area contributed by atoms with Crippen LogP contribution >= 0.6 is 11.3 Å². The van der Waals surface area contributed by atoms with Gasteiger partial charge in [-0.2, -0.15) is 18.3 Å². The Morgan fingerprint density at radius 3 is 2.54 bits per heavy atom. The van der Waals surface area contributed by atoms with E-state index in [9.17, 15) is 22.8 Å². The fourth-order valence-electron chi connectivity index (χ4n) is 3.16. The van der Waals surface area contributed by atoms with E-state index in [0.29, 0.717) is 21.5 Å². The Morgan fingerprint density at radius 1 is 1.14 bits per heavy atom. The first-order chi connectivity index (χ1) is 16.7. The number of carbonyl (C=O) groups excluding carboxylic acids is 2. The summed E-state index contributed by atoms with van der Waals surface area (Å²) in [7, 11) is 1.48. The summed E-state index contributed by atoms with van der Waals surface area (Å²) in [6.45, 7) is 1.91. The molecule has 4 aromatic rings. The molecule has 4 rings (SSSR count). The minimum absolute atomic E-state index is 0.0582. The maximum atomic E-state index is 13.8. The van der Waals surface area contributed by atoms with E-state index in [4.69, 9.17) is 9.47 Å². The highest BCUT2D eigenvalue weighted by Gasteiger charge is 2.35. The Kier molecular flexibility index (Phi) is 6.69. The van der Waals surface area contributed by atoms with E-state index in [1.807, 2.05) is 0 Å². The molecule has 0 saturated heterocycles. The number of anilines is 1. The Morgan fingerprint density at radius 2 is 1.89 bits per heavy atom.